The molecule has 0 saturated carbocycles. The van der Waals surface area contributed by atoms with Crippen LogP contribution < -0.4 is 0 Å². The molecule has 0 radical (unpaired) electrons. The van der Waals surface area contributed by atoms with Gasteiger partial charge in [0.25, 0.3) is 0 Å². The van der Waals surface area contributed by atoms with Crippen LogP contribution in [0.5, 0.6) is 0 Å². The van der Waals surface area contributed by atoms with Gasteiger partial charge in [-0.3, -0.25) is 0 Å². The van der Waals surface area contributed by atoms with Crippen LogP contribution in [0, 0.1) is 11.8 Å². The van der Waals surface area contributed by atoms with Crippen molar-refractivity contribution in [3.8, 4) is 0 Å². The summed E-state index contributed by atoms with van der Waals surface area (Å²) in [7, 11) is 0. The summed E-state index contributed by atoms with van der Waals surface area (Å²) in [4.78, 5) is 13.4. The van der Waals surface area contributed by atoms with Gasteiger partial charge in [0.05, 0.1) is 6.61 Å². The fourth-order valence-corrected chi connectivity index (χ4v) is 1.46. The van der Waals surface area contributed by atoms with E-state index in [1.807, 2.05) is 0 Å². The molecule has 16 heavy (non-hydrogen) atoms. The van der Waals surface area contributed by atoms with Gasteiger partial charge in [0.1, 0.15) is 0 Å². The Morgan fingerprint density at radius 1 is 1.31 bits per heavy atom. The van der Waals surface area contributed by atoms with Crippen LogP contribution in [-0.2, 0) is 9.53 Å². The van der Waals surface area contributed by atoms with Crippen LogP contribution in [0.3, 0.4) is 0 Å². The number of rotatable bonds is 8. The van der Waals surface area contributed by atoms with Gasteiger partial charge in [0, 0.05) is 0 Å². The van der Waals surface area contributed by atoms with E-state index >= 15 is 0 Å². The van der Waals surface area contributed by atoms with Crippen molar-refractivity contribution in [3.63, 3.8) is 0 Å². The predicted molar refractivity (Wildman–Crippen MR) is 63.1 cm³/mol. The third kappa shape index (κ3) is 9.41. The molecule has 0 fully saturated rings. The summed E-state index contributed by atoms with van der Waals surface area (Å²) in [5, 5.41) is 0. The lowest BCUT2D eigenvalue weighted by Gasteiger charge is -2.11. The van der Waals surface area contributed by atoms with Crippen LogP contribution in [0.1, 0.15) is 46.5 Å². The summed E-state index contributed by atoms with van der Waals surface area (Å²) in [6, 6.07) is 0. The van der Waals surface area contributed by atoms with Crippen molar-refractivity contribution in [2.24, 2.45) is 11.8 Å². The maximum Gasteiger partial charge on any atom is 0.413 e. The molecule has 0 unspecified atom stereocenters. The standard InChI is InChI=1S/C12H22N2O2/c1-10(2)5-4-6-11(3)7-8-16-12(15)9-14-13/h9-11H,4-8H2,1-3H3/t11-/m0/s1. The molecule has 0 saturated heterocycles. The number of hydrogen-bond acceptors (Lipinski definition) is 2. The second-order valence-electron chi connectivity index (χ2n) is 4.63. The number of hydrogen-bond donors (Lipinski definition) is 0. The minimum absolute atomic E-state index is 0.397. The van der Waals surface area contributed by atoms with Gasteiger partial charge in [-0.05, 0) is 18.3 Å². The Bertz CT molecular complexity index is 245. The summed E-state index contributed by atoms with van der Waals surface area (Å²) < 4.78 is 4.83. The quantitative estimate of drug-likeness (QED) is 0.276. The Labute approximate surface area is 97.6 Å². The Morgan fingerprint density at radius 2 is 2.00 bits per heavy atom. The van der Waals surface area contributed by atoms with Crippen molar-refractivity contribution >= 4 is 12.2 Å². The molecule has 0 N–H and O–H groups in total. The molecular weight excluding hydrogens is 204 g/mol. The largest absolute Gasteiger partial charge is 0.457 e. The number of nitrogens with zero attached hydrogens (tertiary/aromatic N) is 2. The van der Waals surface area contributed by atoms with E-state index in [1.54, 1.807) is 0 Å². The van der Waals surface area contributed by atoms with Crippen LogP contribution in [-0.4, -0.2) is 23.6 Å². The van der Waals surface area contributed by atoms with Crippen LogP contribution in [0.2, 0.25) is 0 Å². The van der Waals surface area contributed by atoms with Gasteiger partial charge in [-0.2, -0.15) is 4.79 Å². The lowest BCUT2D eigenvalue weighted by atomic mass is 9.98. The fourth-order valence-electron chi connectivity index (χ4n) is 1.46. The second-order valence-corrected chi connectivity index (χ2v) is 4.63. The zero-order valence-corrected chi connectivity index (χ0v) is 10.5. The van der Waals surface area contributed by atoms with E-state index in [-0.39, 0.29) is 0 Å². The first-order chi connectivity index (χ1) is 7.56. The van der Waals surface area contributed by atoms with Crippen LogP contribution >= 0.6 is 0 Å². The minimum atomic E-state index is -0.586. The normalized spacial score (nSPS) is 12.0. The summed E-state index contributed by atoms with van der Waals surface area (Å²) in [5.74, 6) is 0.736. The third-order valence-electron chi connectivity index (χ3n) is 2.50. The maximum atomic E-state index is 10.8. The molecule has 92 valence electrons. The topological polar surface area (TPSA) is 62.7 Å². The summed E-state index contributed by atoms with van der Waals surface area (Å²) in [6.07, 6.45) is 5.28. The van der Waals surface area contributed by atoms with Crippen molar-refractivity contribution in [1.82, 2.24) is 0 Å². The van der Waals surface area contributed by atoms with Gasteiger partial charge in [-0.1, -0.05) is 40.0 Å². The highest BCUT2D eigenvalue weighted by Crippen LogP contribution is 2.14. The molecule has 1 atom stereocenters. The first kappa shape index (κ1) is 14.8. The summed E-state index contributed by atoms with van der Waals surface area (Å²) >= 11 is 0. The van der Waals surface area contributed by atoms with Gasteiger partial charge in [-0.15, -0.1) is 0 Å². The van der Waals surface area contributed by atoms with Crippen LogP contribution in [0.15, 0.2) is 0 Å². The van der Waals surface area contributed by atoms with Crippen LogP contribution in [0.25, 0.3) is 5.53 Å². The van der Waals surface area contributed by atoms with Gasteiger partial charge in [0.2, 0.25) is 0 Å². The minimum Gasteiger partial charge on any atom is -0.457 e. The van der Waals surface area contributed by atoms with E-state index in [1.165, 1.54) is 19.3 Å². The molecule has 0 spiro atoms. The Balaban J connectivity index is 3.46. The van der Waals surface area contributed by atoms with E-state index in [2.05, 4.69) is 25.6 Å². The highest BCUT2D eigenvalue weighted by molar-refractivity contribution is 6.20. The van der Waals surface area contributed by atoms with Crippen LogP contribution in [0.4, 0.5) is 0 Å². The summed E-state index contributed by atoms with van der Waals surface area (Å²) in [6.45, 7) is 7.00. The predicted octanol–water partition coefficient (Wildman–Crippen LogP) is 2.68. The SMILES string of the molecule is CC(C)CCC[C@H](C)CCOC(=O)C=[N+]=[N-]. The highest BCUT2D eigenvalue weighted by atomic mass is 16.5. The summed E-state index contributed by atoms with van der Waals surface area (Å²) in [5.41, 5.74) is 8.08. The van der Waals surface area contributed by atoms with E-state index in [0.717, 1.165) is 18.6 Å². The Morgan fingerprint density at radius 3 is 2.56 bits per heavy atom. The average Bonchev–Trinajstić information content (AvgIpc) is 2.17. The van der Waals surface area contributed by atoms with Crippen molar-refractivity contribution in [2.45, 2.75) is 46.5 Å². The zero-order valence-electron chi connectivity index (χ0n) is 10.5. The highest BCUT2D eigenvalue weighted by Gasteiger charge is 2.06. The smallest absolute Gasteiger partial charge is 0.413 e. The molecule has 4 nitrogen and oxygen atoms in total. The van der Waals surface area contributed by atoms with E-state index < -0.39 is 5.97 Å². The maximum absolute atomic E-state index is 10.8. The van der Waals surface area contributed by atoms with E-state index in [4.69, 9.17) is 10.3 Å². The lowest BCUT2D eigenvalue weighted by Crippen LogP contribution is -2.10. The fraction of sp³-hybridized carbons (Fsp3) is 0.833. The van der Waals surface area contributed by atoms with Crippen molar-refractivity contribution in [2.75, 3.05) is 6.61 Å². The molecule has 0 aromatic heterocycles. The molecule has 0 heterocycles. The number of ether oxygens (including phenoxy) is 1. The molecule has 0 aromatic carbocycles. The van der Waals surface area contributed by atoms with Gasteiger partial charge in [-0.25, -0.2) is 4.79 Å². The number of carbonyl (C=O) groups is 1. The molecule has 0 aliphatic rings. The first-order valence-corrected chi connectivity index (χ1v) is 5.90. The van der Waals surface area contributed by atoms with E-state index in [9.17, 15) is 4.79 Å². The third-order valence-corrected chi connectivity index (χ3v) is 2.50. The number of esters is 1. The monoisotopic (exact) mass is 226 g/mol. The zero-order chi connectivity index (χ0) is 12.4. The van der Waals surface area contributed by atoms with Gasteiger partial charge in [0.15, 0.2) is 0 Å². The molecule has 0 bridgehead atoms. The molecular formula is C12H22N2O2. The first-order valence-electron chi connectivity index (χ1n) is 5.90. The van der Waals surface area contributed by atoms with Gasteiger partial charge >= 0.3 is 12.2 Å². The number of carbonyl (C=O) groups excluding carboxylic acids is 1. The lowest BCUT2D eigenvalue weighted by molar-refractivity contribution is -0.139. The average molecular weight is 226 g/mol. The molecule has 0 amide bonds. The molecule has 0 aliphatic carbocycles. The Kier molecular flexibility index (Phi) is 8.45. The molecule has 0 rings (SSSR count). The molecule has 4 heteroatoms. The molecule has 0 aliphatic heterocycles. The second kappa shape index (κ2) is 9.10. The Hall–Kier alpha value is -1.15. The molecule has 0 aromatic rings. The van der Waals surface area contributed by atoms with Crippen molar-refractivity contribution in [3.05, 3.63) is 5.53 Å². The van der Waals surface area contributed by atoms with E-state index in [0.29, 0.717) is 12.5 Å². The van der Waals surface area contributed by atoms with Crippen molar-refractivity contribution < 1.29 is 14.3 Å². The van der Waals surface area contributed by atoms with Gasteiger partial charge < -0.3 is 10.3 Å². The van der Waals surface area contributed by atoms with Crippen molar-refractivity contribution in [1.29, 1.82) is 0 Å².